The number of rotatable bonds is 3. The van der Waals surface area contributed by atoms with Crippen LogP contribution in [0, 0.1) is 6.92 Å². The van der Waals surface area contributed by atoms with Gasteiger partial charge in [-0.3, -0.25) is 4.90 Å². The van der Waals surface area contributed by atoms with Crippen molar-refractivity contribution in [3.05, 3.63) is 34.4 Å². The van der Waals surface area contributed by atoms with Crippen LogP contribution in [0.25, 0.3) is 0 Å². The van der Waals surface area contributed by atoms with Gasteiger partial charge in [-0.15, -0.1) is 0 Å². The summed E-state index contributed by atoms with van der Waals surface area (Å²) in [6, 6.07) is 4.81. The predicted molar refractivity (Wildman–Crippen MR) is 77.0 cm³/mol. The van der Waals surface area contributed by atoms with E-state index in [1.165, 1.54) is 6.42 Å². The lowest BCUT2D eigenvalue weighted by atomic mass is 9.95. The number of nitrogens with one attached hydrogen (secondary N) is 1. The number of cyclic esters (lactones) is 1. The summed E-state index contributed by atoms with van der Waals surface area (Å²) in [4.78, 5) is 13.9. The first-order valence-corrected chi connectivity index (χ1v) is 7.58. The predicted octanol–water partition coefficient (Wildman–Crippen LogP) is 0.745. The van der Waals surface area contributed by atoms with Crippen LogP contribution in [-0.4, -0.2) is 47.7 Å². The minimum atomic E-state index is -0.509. The Morgan fingerprint density at radius 2 is 2.38 bits per heavy atom. The Hall–Kier alpha value is -1.43. The number of hydrogen-bond acceptors (Lipinski definition) is 5. The lowest BCUT2D eigenvalue weighted by Gasteiger charge is -2.29. The second kappa shape index (κ2) is 4.80. The van der Waals surface area contributed by atoms with Gasteiger partial charge in [0, 0.05) is 37.3 Å². The standard InChI is InChI=1S/C16H20N2O3/c1-9-12(2-3-13-14(9)8-21-16(13)20)15(19)7-18-6-10-4-11(18)5-17-10/h2-3,10-11,15,17,19H,4-8H2,1H3. The fraction of sp³-hybridized carbons (Fsp3) is 0.562. The number of aliphatic hydroxyl groups is 1. The molecule has 3 heterocycles. The Labute approximate surface area is 123 Å². The molecule has 0 amide bonds. The summed E-state index contributed by atoms with van der Waals surface area (Å²) in [5.74, 6) is -0.253. The largest absolute Gasteiger partial charge is 0.457 e. The number of likely N-dealkylation sites (tertiary alicyclic amines) is 1. The number of ether oxygens (including phenoxy) is 1. The van der Waals surface area contributed by atoms with Crippen molar-refractivity contribution in [3.8, 4) is 0 Å². The van der Waals surface area contributed by atoms with Crippen LogP contribution in [0.2, 0.25) is 0 Å². The average Bonchev–Trinajstić information content (AvgIpc) is 3.15. The molecule has 0 aliphatic carbocycles. The number of β-amino-alcohol motifs (C(OH)–C–C–N with tert-alkyl or cyclic N) is 1. The molecule has 112 valence electrons. The summed E-state index contributed by atoms with van der Waals surface area (Å²) in [7, 11) is 0. The second-order valence-electron chi connectivity index (χ2n) is 6.35. The molecule has 2 N–H and O–H groups in total. The highest BCUT2D eigenvalue weighted by molar-refractivity contribution is 5.93. The molecule has 3 unspecified atom stereocenters. The molecule has 21 heavy (non-hydrogen) atoms. The Balaban J connectivity index is 1.55. The highest BCUT2D eigenvalue weighted by Crippen LogP contribution is 2.31. The van der Waals surface area contributed by atoms with E-state index in [1.54, 1.807) is 6.07 Å². The van der Waals surface area contributed by atoms with Crippen LogP contribution in [0.15, 0.2) is 12.1 Å². The number of carbonyl (C=O) groups excluding carboxylic acids is 1. The molecule has 2 saturated heterocycles. The summed E-state index contributed by atoms with van der Waals surface area (Å²) >= 11 is 0. The highest BCUT2D eigenvalue weighted by Gasteiger charge is 2.38. The first kappa shape index (κ1) is 13.2. The zero-order chi connectivity index (χ0) is 14.6. The Morgan fingerprint density at radius 3 is 3.10 bits per heavy atom. The number of hydrogen-bond donors (Lipinski definition) is 2. The van der Waals surface area contributed by atoms with Gasteiger partial charge in [-0.1, -0.05) is 6.07 Å². The van der Waals surface area contributed by atoms with E-state index in [9.17, 15) is 9.90 Å². The molecule has 1 aromatic rings. The van der Waals surface area contributed by atoms with E-state index in [-0.39, 0.29) is 5.97 Å². The molecule has 0 saturated carbocycles. The minimum Gasteiger partial charge on any atom is -0.457 e. The van der Waals surface area contributed by atoms with Crippen LogP contribution in [0.5, 0.6) is 0 Å². The molecule has 0 radical (unpaired) electrons. The van der Waals surface area contributed by atoms with Gasteiger partial charge in [-0.05, 0) is 30.5 Å². The maximum Gasteiger partial charge on any atom is 0.338 e. The van der Waals surface area contributed by atoms with Crippen molar-refractivity contribution in [2.24, 2.45) is 0 Å². The van der Waals surface area contributed by atoms with Gasteiger partial charge >= 0.3 is 5.97 Å². The average molecular weight is 288 g/mol. The summed E-state index contributed by atoms with van der Waals surface area (Å²) in [6.45, 7) is 5.02. The van der Waals surface area contributed by atoms with Gasteiger partial charge in [-0.25, -0.2) is 4.79 Å². The number of piperazine rings is 1. The Bertz CT molecular complexity index is 601. The zero-order valence-electron chi connectivity index (χ0n) is 12.1. The zero-order valence-corrected chi connectivity index (χ0v) is 12.1. The van der Waals surface area contributed by atoms with E-state index in [2.05, 4.69) is 10.2 Å². The number of fused-ring (bicyclic) bond motifs is 3. The van der Waals surface area contributed by atoms with Gasteiger partial charge in [-0.2, -0.15) is 0 Å². The molecule has 2 bridgehead atoms. The van der Waals surface area contributed by atoms with Crippen molar-refractivity contribution in [2.45, 2.75) is 38.1 Å². The van der Waals surface area contributed by atoms with E-state index in [4.69, 9.17) is 4.74 Å². The highest BCUT2D eigenvalue weighted by atomic mass is 16.5. The maximum atomic E-state index is 11.6. The van der Waals surface area contributed by atoms with E-state index < -0.39 is 6.10 Å². The third-order valence-corrected chi connectivity index (χ3v) is 5.14. The first-order valence-electron chi connectivity index (χ1n) is 7.58. The topological polar surface area (TPSA) is 61.8 Å². The fourth-order valence-corrected chi connectivity index (χ4v) is 3.92. The van der Waals surface area contributed by atoms with Crippen LogP contribution in [0.3, 0.4) is 0 Å². The van der Waals surface area contributed by atoms with E-state index in [1.807, 2.05) is 13.0 Å². The lowest BCUT2D eigenvalue weighted by molar-refractivity contribution is 0.0535. The number of aliphatic hydroxyl groups excluding tert-OH is 1. The van der Waals surface area contributed by atoms with Gasteiger partial charge in [0.1, 0.15) is 6.61 Å². The SMILES string of the molecule is Cc1c(C(O)CN2CC3CC2CN3)ccc2c1COC2=O. The third kappa shape index (κ3) is 2.08. The molecule has 4 rings (SSSR count). The third-order valence-electron chi connectivity index (χ3n) is 5.14. The number of esters is 1. The van der Waals surface area contributed by atoms with Crippen molar-refractivity contribution in [1.29, 1.82) is 0 Å². The number of benzene rings is 1. The molecule has 3 atom stereocenters. The number of nitrogens with zero attached hydrogens (tertiary/aromatic N) is 1. The van der Waals surface area contributed by atoms with Crippen LogP contribution >= 0.6 is 0 Å². The second-order valence-corrected chi connectivity index (χ2v) is 6.35. The first-order chi connectivity index (χ1) is 10.1. The van der Waals surface area contributed by atoms with Crippen molar-refractivity contribution in [1.82, 2.24) is 10.2 Å². The molecular formula is C16H20N2O3. The van der Waals surface area contributed by atoms with Crippen molar-refractivity contribution in [3.63, 3.8) is 0 Å². The quantitative estimate of drug-likeness (QED) is 0.804. The molecule has 3 aliphatic heterocycles. The van der Waals surface area contributed by atoms with Crippen molar-refractivity contribution in [2.75, 3.05) is 19.6 Å². The molecule has 0 aromatic heterocycles. The monoisotopic (exact) mass is 288 g/mol. The Kier molecular flexibility index (Phi) is 3.03. The lowest BCUT2D eigenvalue weighted by Crippen LogP contribution is -2.45. The van der Waals surface area contributed by atoms with E-state index >= 15 is 0 Å². The van der Waals surface area contributed by atoms with Crippen LogP contribution < -0.4 is 5.32 Å². The molecule has 3 aliphatic rings. The van der Waals surface area contributed by atoms with Crippen molar-refractivity contribution < 1.29 is 14.6 Å². The van der Waals surface area contributed by atoms with E-state index in [0.717, 1.165) is 29.8 Å². The summed E-state index contributed by atoms with van der Waals surface area (Å²) in [6.07, 6.45) is 0.684. The van der Waals surface area contributed by atoms with Gasteiger partial charge < -0.3 is 15.2 Å². The summed E-state index contributed by atoms with van der Waals surface area (Å²) in [5.41, 5.74) is 3.49. The van der Waals surface area contributed by atoms with Crippen LogP contribution in [0.4, 0.5) is 0 Å². The number of carbonyl (C=O) groups is 1. The molecule has 5 nitrogen and oxygen atoms in total. The molecule has 1 aromatic carbocycles. The summed E-state index contributed by atoms with van der Waals surface area (Å²) < 4.78 is 5.07. The Morgan fingerprint density at radius 1 is 1.52 bits per heavy atom. The van der Waals surface area contributed by atoms with E-state index in [0.29, 0.717) is 30.8 Å². The van der Waals surface area contributed by atoms with Crippen molar-refractivity contribution >= 4 is 5.97 Å². The smallest absolute Gasteiger partial charge is 0.338 e. The summed E-state index contributed by atoms with van der Waals surface area (Å²) in [5, 5.41) is 14.1. The molecule has 2 fully saturated rings. The molecule has 0 spiro atoms. The normalized spacial score (nSPS) is 28.8. The van der Waals surface area contributed by atoms with Gasteiger partial charge in [0.15, 0.2) is 0 Å². The molecule has 5 heteroatoms. The van der Waals surface area contributed by atoms with Crippen LogP contribution in [-0.2, 0) is 11.3 Å². The molecular weight excluding hydrogens is 268 g/mol. The fourth-order valence-electron chi connectivity index (χ4n) is 3.92. The van der Waals surface area contributed by atoms with Gasteiger partial charge in [0.25, 0.3) is 0 Å². The maximum absolute atomic E-state index is 11.6. The van der Waals surface area contributed by atoms with Gasteiger partial charge in [0.2, 0.25) is 0 Å². The minimum absolute atomic E-state index is 0.253. The van der Waals surface area contributed by atoms with Crippen LogP contribution in [0.1, 0.15) is 39.6 Å². The van der Waals surface area contributed by atoms with Gasteiger partial charge in [0.05, 0.1) is 11.7 Å².